The van der Waals surface area contributed by atoms with Gasteiger partial charge >= 0.3 is 6.98 Å². The highest BCUT2D eigenvalue weighted by Crippen LogP contribution is 2.24. The van der Waals surface area contributed by atoms with Crippen LogP contribution in [-0.4, -0.2) is 13.5 Å². The maximum absolute atomic E-state index is 11.8. The molecule has 72 valence electrons. The zero-order chi connectivity index (χ0) is 9.90. The number of benzene rings is 1. The smallest absolute Gasteiger partial charge is 0.515 e. The molecule has 0 radical (unpaired) electrons. The summed E-state index contributed by atoms with van der Waals surface area (Å²) in [6.45, 7) is -6.09. The lowest BCUT2D eigenvalue weighted by molar-refractivity contribution is 0.312. The number of rotatable bonds is 3. The molecule has 0 aliphatic carbocycles. The summed E-state index contributed by atoms with van der Waals surface area (Å²) in [7, 11) is 0. The van der Waals surface area contributed by atoms with Gasteiger partial charge < -0.3 is 17.7 Å². The minimum absolute atomic E-state index is 0.210. The Morgan fingerprint density at radius 2 is 1.85 bits per heavy atom. The van der Waals surface area contributed by atoms with Crippen molar-refractivity contribution in [2.45, 2.75) is 0 Å². The van der Waals surface area contributed by atoms with Gasteiger partial charge in [0.15, 0.2) is 0 Å². The molecule has 0 heterocycles. The Morgan fingerprint density at radius 3 is 2.38 bits per heavy atom. The van der Waals surface area contributed by atoms with Crippen LogP contribution in [0.1, 0.15) is 0 Å². The molecule has 0 aliphatic rings. The average Bonchev–Trinajstić information content (AvgIpc) is 2.01. The maximum atomic E-state index is 11.8. The summed E-state index contributed by atoms with van der Waals surface area (Å²) in [5.41, 5.74) is 0. The molecule has 0 spiro atoms. The van der Waals surface area contributed by atoms with Crippen LogP contribution in [0, 0.1) is 0 Å². The van der Waals surface area contributed by atoms with E-state index in [1.165, 1.54) is 6.07 Å². The second kappa shape index (κ2) is 4.04. The van der Waals surface area contributed by atoms with Gasteiger partial charge in [0, 0.05) is 0 Å². The first kappa shape index (κ1) is 10.4. The predicted octanol–water partition coefficient (Wildman–Crippen LogP) is 3.21. The van der Waals surface area contributed by atoms with Crippen molar-refractivity contribution in [3.8, 4) is 5.75 Å². The molecule has 6 heteroatoms. The second-order valence-corrected chi connectivity index (χ2v) is 3.31. The summed E-state index contributed by atoms with van der Waals surface area (Å²) in [5.74, 6) is 0.210. The summed E-state index contributed by atoms with van der Waals surface area (Å²) < 4.78 is 40.5. The number of hydrogen-bond donors (Lipinski definition) is 0. The first-order chi connectivity index (χ1) is 5.99. The third-order valence-electron chi connectivity index (χ3n) is 1.26. The molecule has 13 heavy (non-hydrogen) atoms. The van der Waals surface area contributed by atoms with E-state index in [4.69, 9.17) is 0 Å². The lowest BCUT2D eigenvalue weighted by Crippen LogP contribution is -2.26. The lowest BCUT2D eigenvalue weighted by Gasteiger charge is -2.15. The molecule has 0 aromatic heterocycles. The second-order valence-electron chi connectivity index (χ2n) is 2.45. The molecule has 0 amide bonds. The van der Waals surface area contributed by atoms with E-state index < -0.39 is 13.5 Å². The van der Waals surface area contributed by atoms with Gasteiger partial charge in [-0.05, 0) is 28.1 Å². The molecule has 1 aromatic carbocycles. The summed E-state index contributed by atoms with van der Waals surface area (Å²) in [6.07, 6.45) is 0. The van der Waals surface area contributed by atoms with Gasteiger partial charge in [-0.25, -0.2) is 0 Å². The molecule has 0 saturated carbocycles. The fourth-order valence-corrected chi connectivity index (χ4v) is 1.15. The van der Waals surface area contributed by atoms with Gasteiger partial charge in [0.1, 0.15) is 5.75 Å². The minimum atomic E-state index is -4.89. The van der Waals surface area contributed by atoms with Gasteiger partial charge in [0.05, 0.1) is 11.0 Å². The van der Waals surface area contributed by atoms with E-state index in [1.807, 2.05) is 0 Å². The van der Waals surface area contributed by atoms with Gasteiger partial charge in [0.25, 0.3) is 0 Å². The molecular formula is C7H6BBrF3O-. The summed E-state index contributed by atoms with van der Waals surface area (Å²) >= 11 is 3.08. The first-order valence-electron chi connectivity index (χ1n) is 3.57. The zero-order valence-electron chi connectivity index (χ0n) is 6.51. The van der Waals surface area contributed by atoms with Gasteiger partial charge in [-0.2, -0.15) is 0 Å². The number of halogens is 4. The summed E-state index contributed by atoms with van der Waals surface area (Å²) in [4.78, 5) is 0. The fourth-order valence-electron chi connectivity index (χ4n) is 0.746. The Balaban J connectivity index is 2.60. The Hall–Kier alpha value is -0.645. The molecule has 0 bridgehead atoms. The SMILES string of the molecule is F[B-](F)(F)COc1ccccc1Br. The Morgan fingerprint density at radius 1 is 1.23 bits per heavy atom. The topological polar surface area (TPSA) is 9.23 Å². The molecule has 1 rings (SSSR count). The van der Waals surface area contributed by atoms with Crippen LogP contribution in [-0.2, 0) is 0 Å². The van der Waals surface area contributed by atoms with E-state index in [-0.39, 0.29) is 5.75 Å². The number of ether oxygens (including phenoxy) is 1. The predicted molar refractivity (Wildman–Crippen MR) is 48.7 cm³/mol. The molecule has 1 nitrogen and oxygen atoms in total. The Labute approximate surface area is 82.1 Å². The van der Waals surface area contributed by atoms with Crippen LogP contribution >= 0.6 is 15.9 Å². The van der Waals surface area contributed by atoms with Crippen molar-refractivity contribution in [3.63, 3.8) is 0 Å². The van der Waals surface area contributed by atoms with Crippen LogP contribution in [0.15, 0.2) is 28.7 Å². The lowest BCUT2D eigenvalue weighted by atomic mass is 9.95. The molecule has 0 fully saturated rings. The minimum Gasteiger partial charge on any atom is -0.521 e. The highest BCUT2D eigenvalue weighted by molar-refractivity contribution is 9.10. The van der Waals surface area contributed by atoms with E-state index in [1.54, 1.807) is 18.2 Å². The zero-order valence-corrected chi connectivity index (χ0v) is 8.10. The van der Waals surface area contributed by atoms with Gasteiger partial charge in [-0.15, -0.1) is 0 Å². The fraction of sp³-hybridized carbons (Fsp3) is 0.143. The van der Waals surface area contributed by atoms with Crippen molar-refractivity contribution in [2.75, 3.05) is 6.51 Å². The molecule has 1 aromatic rings. The summed E-state index contributed by atoms with van der Waals surface area (Å²) in [6, 6.07) is 6.42. The third-order valence-corrected chi connectivity index (χ3v) is 1.92. The third kappa shape index (κ3) is 3.72. The van der Waals surface area contributed by atoms with Gasteiger partial charge in [-0.3, -0.25) is 0 Å². The van der Waals surface area contributed by atoms with Crippen molar-refractivity contribution in [2.24, 2.45) is 0 Å². The normalized spacial score (nSPS) is 11.4. The van der Waals surface area contributed by atoms with E-state index >= 15 is 0 Å². The summed E-state index contributed by atoms with van der Waals surface area (Å²) in [5, 5.41) is 0. The van der Waals surface area contributed by atoms with Gasteiger partial charge in [0.2, 0.25) is 0 Å². The standard InChI is InChI=1S/C7H6BBrF3O/c9-6-3-1-2-4-7(6)13-5-8(10,11)12/h1-4H,5H2/q-1. The quantitative estimate of drug-likeness (QED) is 0.752. The van der Waals surface area contributed by atoms with Crippen molar-refractivity contribution >= 4 is 22.9 Å². The first-order valence-corrected chi connectivity index (χ1v) is 4.37. The van der Waals surface area contributed by atoms with Crippen LogP contribution < -0.4 is 4.74 Å². The van der Waals surface area contributed by atoms with Crippen molar-refractivity contribution < 1.29 is 17.7 Å². The van der Waals surface area contributed by atoms with E-state index in [0.29, 0.717) is 4.47 Å². The Bertz CT molecular complexity index is 289. The van der Waals surface area contributed by atoms with E-state index in [0.717, 1.165) is 0 Å². The van der Waals surface area contributed by atoms with Gasteiger partial charge in [-0.1, -0.05) is 12.1 Å². The average molecular weight is 254 g/mol. The van der Waals surface area contributed by atoms with Crippen LogP contribution in [0.25, 0.3) is 0 Å². The van der Waals surface area contributed by atoms with Crippen LogP contribution in [0.4, 0.5) is 12.9 Å². The highest BCUT2D eigenvalue weighted by Gasteiger charge is 2.24. The monoisotopic (exact) mass is 253 g/mol. The number of para-hydroxylation sites is 1. The van der Waals surface area contributed by atoms with Crippen LogP contribution in [0.2, 0.25) is 0 Å². The van der Waals surface area contributed by atoms with E-state index in [2.05, 4.69) is 20.7 Å². The maximum Gasteiger partial charge on any atom is 0.515 e. The Kier molecular flexibility index (Phi) is 3.25. The molecule has 0 aliphatic heterocycles. The largest absolute Gasteiger partial charge is 0.521 e. The van der Waals surface area contributed by atoms with Crippen molar-refractivity contribution in [1.29, 1.82) is 0 Å². The van der Waals surface area contributed by atoms with Crippen molar-refractivity contribution in [1.82, 2.24) is 0 Å². The molecular weight excluding hydrogens is 248 g/mol. The van der Waals surface area contributed by atoms with Crippen molar-refractivity contribution in [3.05, 3.63) is 28.7 Å². The molecule has 0 unspecified atom stereocenters. The molecule has 0 atom stereocenters. The highest BCUT2D eigenvalue weighted by atomic mass is 79.9. The molecule has 0 N–H and O–H groups in total. The van der Waals surface area contributed by atoms with E-state index in [9.17, 15) is 12.9 Å². The van der Waals surface area contributed by atoms with Crippen LogP contribution in [0.5, 0.6) is 5.75 Å². The number of hydrogen-bond acceptors (Lipinski definition) is 1. The molecule has 0 saturated heterocycles. The van der Waals surface area contributed by atoms with Crippen LogP contribution in [0.3, 0.4) is 0 Å².